The highest BCUT2D eigenvalue weighted by atomic mass is 32.1. The molecule has 2 aromatic rings. The third kappa shape index (κ3) is 3.18. The lowest BCUT2D eigenvalue weighted by atomic mass is 10.3. The van der Waals surface area contributed by atoms with Crippen molar-refractivity contribution in [3.63, 3.8) is 0 Å². The van der Waals surface area contributed by atoms with Crippen LogP contribution in [0.25, 0.3) is 0 Å². The number of hydrogen-bond donors (Lipinski definition) is 1. The lowest BCUT2D eigenvalue weighted by molar-refractivity contribution is 0.0955. The molecule has 0 saturated carbocycles. The molecule has 0 saturated heterocycles. The number of rotatable bonds is 3. The van der Waals surface area contributed by atoms with Crippen molar-refractivity contribution >= 4 is 23.5 Å². The van der Waals surface area contributed by atoms with E-state index in [4.69, 9.17) is 0 Å². The van der Waals surface area contributed by atoms with Gasteiger partial charge in [0, 0.05) is 18.0 Å². The van der Waals surface area contributed by atoms with E-state index in [0.29, 0.717) is 10.4 Å². The van der Waals surface area contributed by atoms with Crippen molar-refractivity contribution in [3.05, 3.63) is 52.2 Å². The molecule has 0 bridgehead atoms. The number of halogens is 1. The smallest absolute Gasteiger partial charge is 0.267 e. The van der Waals surface area contributed by atoms with E-state index in [0.717, 1.165) is 11.3 Å². The minimum absolute atomic E-state index is 0.285. The second-order valence-corrected chi connectivity index (χ2v) is 4.14. The third-order valence-corrected chi connectivity index (χ3v) is 2.70. The van der Waals surface area contributed by atoms with Gasteiger partial charge in [0.25, 0.3) is 5.91 Å². The van der Waals surface area contributed by atoms with Crippen LogP contribution >= 0.6 is 11.3 Å². The van der Waals surface area contributed by atoms with E-state index >= 15 is 0 Å². The summed E-state index contributed by atoms with van der Waals surface area (Å²) in [5.74, 6) is -0.333. The molecule has 4 nitrogen and oxygen atoms in total. The Morgan fingerprint density at radius 2 is 2.12 bits per heavy atom. The Kier molecular flexibility index (Phi) is 3.56. The van der Waals surface area contributed by atoms with Crippen LogP contribution in [0, 0.1) is 5.13 Å². The summed E-state index contributed by atoms with van der Waals surface area (Å²) in [7, 11) is 0. The first-order valence-electron chi connectivity index (χ1n) is 4.74. The molecule has 0 atom stereocenters. The Balaban J connectivity index is 1.95. The quantitative estimate of drug-likeness (QED) is 0.668. The van der Waals surface area contributed by atoms with Crippen LogP contribution in [0.5, 0.6) is 0 Å². The highest BCUT2D eigenvalue weighted by molar-refractivity contribution is 7.12. The molecule has 0 aromatic carbocycles. The first-order valence-corrected chi connectivity index (χ1v) is 5.56. The average Bonchev–Trinajstić information content (AvgIpc) is 2.76. The largest absolute Gasteiger partial charge is 0.271 e. The van der Waals surface area contributed by atoms with Crippen LogP contribution in [0.3, 0.4) is 0 Å². The maximum Gasteiger partial charge on any atom is 0.271 e. The SMILES string of the molecule is O=C(N/N=C/c1ccc(F)s1)c1ccncc1. The summed E-state index contributed by atoms with van der Waals surface area (Å²) in [5.41, 5.74) is 2.81. The van der Waals surface area contributed by atoms with Crippen molar-refractivity contribution in [2.24, 2.45) is 5.10 Å². The number of amides is 1. The van der Waals surface area contributed by atoms with Crippen molar-refractivity contribution < 1.29 is 9.18 Å². The Hall–Kier alpha value is -2.08. The number of carbonyl (C=O) groups excluding carboxylic acids is 1. The monoisotopic (exact) mass is 249 g/mol. The van der Waals surface area contributed by atoms with Gasteiger partial charge in [-0.3, -0.25) is 9.78 Å². The molecule has 0 unspecified atom stereocenters. The fraction of sp³-hybridized carbons (Fsp3) is 0. The van der Waals surface area contributed by atoms with Gasteiger partial charge in [0.05, 0.1) is 11.1 Å². The van der Waals surface area contributed by atoms with Crippen LogP contribution < -0.4 is 5.43 Å². The molecular weight excluding hydrogens is 241 g/mol. The van der Waals surface area contributed by atoms with Crippen molar-refractivity contribution in [3.8, 4) is 0 Å². The molecule has 1 N–H and O–H groups in total. The maximum atomic E-state index is 12.6. The first kappa shape index (κ1) is 11.4. The lowest BCUT2D eigenvalue weighted by Crippen LogP contribution is -2.17. The maximum absolute atomic E-state index is 12.6. The fourth-order valence-electron chi connectivity index (χ4n) is 1.12. The van der Waals surface area contributed by atoms with Crippen molar-refractivity contribution in [1.29, 1.82) is 0 Å². The normalized spacial score (nSPS) is 10.6. The van der Waals surface area contributed by atoms with Gasteiger partial charge in [-0.2, -0.15) is 9.49 Å². The molecule has 0 fully saturated rings. The Morgan fingerprint density at radius 3 is 2.76 bits per heavy atom. The second-order valence-electron chi connectivity index (χ2n) is 3.08. The number of nitrogens with one attached hydrogen (secondary N) is 1. The number of pyridine rings is 1. The molecule has 2 heterocycles. The Bertz CT molecular complexity index is 539. The summed E-state index contributed by atoms with van der Waals surface area (Å²) >= 11 is 0.958. The van der Waals surface area contributed by atoms with E-state index in [9.17, 15) is 9.18 Å². The number of aromatic nitrogens is 1. The van der Waals surface area contributed by atoms with Crippen LogP contribution in [-0.2, 0) is 0 Å². The predicted molar refractivity (Wildman–Crippen MR) is 63.6 cm³/mol. The molecule has 2 aromatic heterocycles. The summed E-state index contributed by atoms with van der Waals surface area (Å²) in [5, 5.41) is 3.44. The van der Waals surface area contributed by atoms with E-state index in [1.54, 1.807) is 18.2 Å². The molecule has 6 heteroatoms. The average molecular weight is 249 g/mol. The minimum atomic E-state index is -0.333. The summed E-state index contributed by atoms with van der Waals surface area (Å²) in [6.45, 7) is 0. The van der Waals surface area contributed by atoms with Gasteiger partial charge < -0.3 is 0 Å². The zero-order valence-corrected chi connectivity index (χ0v) is 9.45. The molecule has 17 heavy (non-hydrogen) atoms. The van der Waals surface area contributed by atoms with E-state index in [1.165, 1.54) is 24.7 Å². The highest BCUT2D eigenvalue weighted by Crippen LogP contribution is 2.11. The molecule has 0 aliphatic rings. The zero-order valence-electron chi connectivity index (χ0n) is 8.63. The summed E-state index contributed by atoms with van der Waals surface area (Å²) in [4.78, 5) is 16.0. The van der Waals surface area contributed by atoms with Gasteiger partial charge in [0.2, 0.25) is 0 Å². The molecule has 0 aliphatic heterocycles. The topological polar surface area (TPSA) is 54.4 Å². The van der Waals surface area contributed by atoms with Gasteiger partial charge in [-0.25, -0.2) is 5.43 Å². The molecule has 0 aliphatic carbocycles. The Morgan fingerprint density at radius 1 is 1.35 bits per heavy atom. The molecule has 0 radical (unpaired) electrons. The van der Waals surface area contributed by atoms with Gasteiger partial charge in [-0.15, -0.1) is 11.3 Å². The number of carbonyl (C=O) groups is 1. The number of thiophene rings is 1. The number of hydrogen-bond acceptors (Lipinski definition) is 4. The van der Waals surface area contributed by atoms with Crippen molar-refractivity contribution in [2.45, 2.75) is 0 Å². The highest BCUT2D eigenvalue weighted by Gasteiger charge is 2.02. The van der Waals surface area contributed by atoms with Crippen LogP contribution in [0.4, 0.5) is 4.39 Å². The van der Waals surface area contributed by atoms with Crippen molar-refractivity contribution in [2.75, 3.05) is 0 Å². The summed E-state index contributed by atoms with van der Waals surface area (Å²) in [6.07, 6.45) is 4.44. The van der Waals surface area contributed by atoms with Crippen molar-refractivity contribution in [1.82, 2.24) is 10.4 Å². The molecule has 0 spiro atoms. The van der Waals surface area contributed by atoms with Gasteiger partial charge in [0.1, 0.15) is 0 Å². The number of nitrogens with zero attached hydrogens (tertiary/aromatic N) is 2. The van der Waals surface area contributed by atoms with Gasteiger partial charge >= 0.3 is 0 Å². The minimum Gasteiger partial charge on any atom is -0.267 e. The van der Waals surface area contributed by atoms with Crippen LogP contribution in [-0.4, -0.2) is 17.1 Å². The van der Waals surface area contributed by atoms with E-state index in [2.05, 4.69) is 15.5 Å². The molecule has 2 rings (SSSR count). The van der Waals surface area contributed by atoms with Crippen LogP contribution in [0.2, 0.25) is 0 Å². The summed E-state index contributed by atoms with van der Waals surface area (Å²) in [6, 6.07) is 6.09. The second kappa shape index (κ2) is 5.31. The van der Waals surface area contributed by atoms with Gasteiger partial charge in [0.15, 0.2) is 5.13 Å². The lowest BCUT2D eigenvalue weighted by Gasteiger charge is -1.97. The summed E-state index contributed by atoms with van der Waals surface area (Å²) < 4.78 is 12.6. The molecule has 1 amide bonds. The van der Waals surface area contributed by atoms with E-state index in [-0.39, 0.29) is 11.0 Å². The van der Waals surface area contributed by atoms with E-state index in [1.807, 2.05) is 0 Å². The van der Waals surface area contributed by atoms with Gasteiger partial charge in [-0.05, 0) is 24.3 Å². The van der Waals surface area contributed by atoms with Crippen LogP contribution in [0.15, 0.2) is 41.8 Å². The van der Waals surface area contributed by atoms with E-state index < -0.39 is 0 Å². The fourth-order valence-corrected chi connectivity index (χ4v) is 1.72. The number of hydrazone groups is 1. The Labute approximate surface area is 101 Å². The third-order valence-electron chi connectivity index (χ3n) is 1.89. The molecule has 86 valence electrons. The van der Waals surface area contributed by atoms with Gasteiger partial charge in [-0.1, -0.05) is 0 Å². The standard InChI is InChI=1S/C11H8FN3OS/c12-10-2-1-9(17-10)7-14-15-11(16)8-3-5-13-6-4-8/h1-7H,(H,15,16)/b14-7+. The van der Waals surface area contributed by atoms with Crippen LogP contribution in [0.1, 0.15) is 15.2 Å². The first-order chi connectivity index (χ1) is 8.25. The molecular formula is C11H8FN3OS. The zero-order chi connectivity index (χ0) is 12.1. The predicted octanol–water partition coefficient (Wildman–Crippen LogP) is 2.05.